The van der Waals surface area contributed by atoms with Crippen LogP contribution in [0.25, 0.3) is 0 Å². The van der Waals surface area contributed by atoms with Crippen molar-refractivity contribution in [1.82, 2.24) is 4.90 Å². The maximum atomic E-state index is 11.6. The highest BCUT2D eigenvalue weighted by Crippen LogP contribution is 2.37. The predicted octanol–water partition coefficient (Wildman–Crippen LogP) is 2.95. The number of rotatable bonds is 6. The molecular weight excluding hydrogens is 320 g/mol. The Balaban J connectivity index is 1.85. The minimum absolute atomic E-state index is 0.167. The van der Waals surface area contributed by atoms with Crippen LogP contribution in [0.15, 0.2) is 48.5 Å². The Kier molecular flexibility index (Phi) is 5.19. The highest BCUT2D eigenvalue weighted by molar-refractivity contribution is 5.44. The molecule has 132 valence electrons. The number of ether oxygens (including phenoxy) is 2. The Hall–Kier alpha value is -2.60. The molecule has 0 amide bonds. The molecule has 3 rings (SSSR count). The maximum absolute atomic E-state index is 11.6. The van der Waals surface area contributed by atoms with E-state index in [4.69, 9.17) is 9.47 Å². The molecule has 1 saturated heterocycles. The van der Waals surface area contributed by atoms with Crippen molar-refractivity contribution >= 4 is 0 Å². The van der Waals surface area contributed by atoms with E-state index in [2.05, 4.69) is 4.90 Å². The van der Waals surface area contributed by atoms with Gasteiger partial charge in [0.1, 0.15) is 11.5 Å². The average Bonchev–Trinajstić information content (AvgIpc) is 3.05. The number of hydrogen-bond donors (Lipinski definition) is 0. The van der Waals surface area contributed by atoms with Crippen LogP contribution in [0.2, 0.25) is 0 Å². The van der Waals surface area contributed by atoms with E-state index in [1.54, 1.807) is 20.3 Å². The summed E-state index contributed by atoms with van der Waals surface area (Å²) in [5.74, 6) is 1.11. The van der Waals surface area contributed by atoms with Gasteiger partial charge >= 0.3 is 0 Å². The van der Waals surface area contributed by atoms with Gasteiger partial charge in [-0.1, -0.05) is 36.4 Å². The van der Waals surface area contributed by atoms with Gasteiger partial charge in [-0.3, -0.25) is 15.0 Å². The van der Waals surface area contributed by atoms with Gasteiger partial charge in [0.2, 0.25) is 6.04 Å². The second-order valence-corrected chi connectivity index (χ2v) is 6.25. The third-order valence-corrected chi connectivity index (χ3v) is 4.72. The van der Waals surface area contributed by atoms with Gasteiger partial charge in [0, 0.05) is 29.6 Å². The van der Waals surface area contributed by atoms with Crippen molar-refractivity contribution < 1.29 is 14.4 Å². The van der Waals surface area contributed by atoms with Gasteiger partial charge in [-0.05, 0) is 11.6 Å². The van der Waals surface area contributed by atoms with E-state index in [1.165, 1.54) is 0 Å². The molecule has 1 fully saturated rings. The first-order valence-corrected chi connectivity index (χ1v) is 8.24. The van der Waals surface area contributed by atoms with Crippen LogP contribution in [0.3, 0.4) is 0 Å². The second-order valence-electron chi connectivity index (χ2n) is 6.25. The Bertz CT molecular complexity index is 735. The number of nitro groups is 1. The molecule has 2 unspecified atom stereocenters. The van der Waals surface area contributed by atoms with Crippen LogP contribution in [0.4, 0.5) is 0 Å². The molecule has 1 aliphatic rings. The van der Waals surface area contributed by atoms with Crippen LogP contribution < -0.4 is 9.47 Å². The Labute approximate surface area is 147 Å². The molecule has 2 aromatic carbocycles. The van der Waals surface area contributed by atoms with Crippen molar-refractivity contribution in [3.63, 3.8) is 0 Å². The van der Waals surface area contributed by atoms with E-state index in [0.717, 1.165) is 11.1 Å². The van der Waals surface area contributed by atoms with E-state index in [1.807, 2.05) is 42.5 Å². The summed E-state index contributed by atoms with van der Waals surface area (Å²) in [6.45, 7) is 1.77. The third kappa shape index (κ3) is 3.74. The highest BCUT2D eigenvalue weighted by Gasteiger charge is 2.43. The summed E-state index contributed by atoms with van der Waals surface area (Å²) in [5, 5.41) is 11.6. The van der Waals surface area contributed by atoms with Crippen LogP contribution in [0, 0.1) is 10.1 Å². The van der Waals surface area contributed by atoms with E-state index < -0.39 is 6.04 Å². The Morgan fingerprint density at radius 3 is 2.52 bits per heavy atom. The van der Waals surface area contributed by atoms with E-state index in [-0.39, 0.29) is 10.8 Å². The van der Waals surface area contributed by atoms with Gasteiger partial charge in [0.25, 0.3) is 0 Å². The predicted molar refractivity (Wildman–Crippen MR) is 94.8 cm³/mol. The highest BCUT2D eigenvalue weighted by atomic mass is 16.6. The lowest BCUT2D eigenvalue weighted by molar-refractivity contribution is -0.521. The Morgan fingerprint density at radius 2 is 1.88 bits per heavy atom. The van der Waals surface area contributed by atoms with Gasteiger partial charge in [0.15, 0.2) is 0 Å². The van der Waals surface area contributed by atoms with Crippen LogP contribution in [-0.4, -0.2) is 43.2 Å². The zero-order valence-corrected chi connectivity index (χ0v) is 14.4. The molecule has 1 aliphatic heterocycles. The molecule has 0 aromatic heterocycles. The number of nitrogens with zero attached hydrogens (tertiary/aromatic N) is 2. The molecule has 6 heteroatoms. The lowest BCUT2D eigenvalue weighted by Gasteiger charge is -2.17. The van der Waals surface area contributed by atoms with Crippen molar-refractivity contribution in [2.75, 3.05) is 27.3 Å². The fourth-order valence-electron chi connectivity index (χ4n) is 3.48. The van der Waals surface area contributed by atoms with Crippen molar-refractivity contribution in [3.05, 3.63) is 69.8 Å². The zero-order chi connectivity index (χ0) is 17.8. The summed E-state index contributed by atoms with van der Waals surface area (Å²) in [6, 6.07) is 14.9. The van der Waals surface area contributed by atoms with Crippen LogP contribution in [0.5, 0.6) is 11.5 Å². The molecule has 0 N–H and O–H groups in total. The minimum atomic E-state index is -0.647. The smallest absolute Gasteiger partial charge is 0.233 e. The number of hydrogen-bond acceptors (Lipinski definition) is 5. The van der Waals surface area contributed by atoms with Gasteiger partial charge in [-0.25, -0.2) is 0 Å². The lowest BCUT2D eigenvalue weighted by atomic mass is 9.93. The SMILES string of the molecule is COc1ccc(C2CN(Cc3ccccc3)CC2[N+](=O)[O-])c(OC)c1. The summed E-state index contributed by atoms with van der Waals surface area (Å²) in [5.41, 5.74) is 2.02. The first-order valence-electron chi connectivity index (χ1n) is 8.24. The van der Waals surface area contributed by atoms with Crippen LogP contribution in [-0.2, 0) is 6.54 Å². The molecule has 2 aromatic rings. The topological polar surface area (TPSA) is 64.8 Å². The molecule has 25 heavy (non-hydrogen) atoms. The normalized spacial score (nSPS) is 20.4. The molecule has 0 saturated carbocycles. The van der Waals surface area contributed by atoms with E-state index in [0.29, 0.717) is 31.1 Å². The molecule has 0 bridgehead atoms. The molecule has 6 nitrogen and oxygen atoms in total. The largest absolute Gasteiger partial charge is 0.497 e. The zero-order valence-electron chi connectivity index (χ0n) is 14.4. The summed E-state index contributed by atoms with van der Waals surface area (Å²) in [7, 11) is 3.17. The Morgan fingerprint density at radius 1 is 1.12 bits per heavy atom. The monoisotopic (exact) mass is 342 g/mol. The summed E-state index contributed by atoms with van der Waals surface area (Å²) in [6.07, 6.45) is 0. The van der Waals surface area contributed by atoms with Crippen LogP contribution in [0.1, 0.15) is 17.0 Å². The molecule has 2 atom stereocenters. The first-order chi connectivity index (χ1) is 12.1. The molecule has 0 aliphatic carbocycles. The van der Waals surface area contributed by atoms with Crippen molar-refractivity contribution in [2.24, 2.45) is 0 Å². The van der Waals surface area contributed by atoms with Gasteiger partial charge in [-0.2, -0.15) is 0 Å². The number of benzene rings is 2. The third-order valence-electron chi connectivity index (χ3n) is 4.72. The van der Waals surface area contributed by atoms with Crippen molar-refractivity contribution in [3.8, 4) is 11.5 Å². The molecule has 1 heterocycles. The van der Waals surface area contributed by atoms with Crippen molar-refractivity contribution in [2.45, 2.75) is 18.5 Å². The minimum Gasteiger partial charge on any atom is -0.497 e. The van der Waals surface area contributed by atoms with E-state index >= 15 is 0 Å². The lowest BCUT2D eigenvalue weighted by Crippen LogP contribution is -2.28. The van der Waals surface area contributed by atoms with Crippen molar-refractivity contribution in [1.29, 1.82) is 0 Å². The standard InChI is InChI=1S/C19H22N2O4/c1-24-15-8-9-16(19(10-15)25-2)17-12-20(13-18(17)21(22)23)11-14-6-4-3-5-7-14/h3-10,17-18H,11-13H2,1-2H3. The summed E-state index contributed by atoms with van der Waals surface area (Å²) < 4.78 is 10.7. The summed E-state index contributed by atoms with van der Waals surface area (Å²) in [4.78, 5) is 13.6. The van der Waals surface area contributed by atoms with Gasteiger partial charge < -0.3 is 9.47 Å². The van der Waals surface area contributed by atoms with Crippen LogP contribution >= 0.6 is 0 Å². The number of likely N-dealkylation sites (tertiary alicyclic amines) is 1. The fraction of sp³-hybridized carbons (Fsp3) is 0.368. The molecule has 0 spiro atoms. The quantitative estimate of drug-likeness (QED) is 0.596. The number of methoxy groups -OCH3 is 2. The first kappa shape index (κ1) is 17.2. The average molecular weight is 342 g/mol. The van der Waals surface area contributed by atoms with E-state index in [9.17, 15) is 10.1 Å². The van der Waals surface area contributed by atoms with Gasteiger partial charge in [0.05, 0.1) is 26.7 Å². The maximum Gasteiger partial charge on any atom is 0.233 e. The molecule has 0 radical (unpaired) electrons. The summed E-state index contributed by atoms with van der Waals surface area (Å²) >= 11 is 0. The van der Waals surface area contributed by atoms with Gasteiger partial charge in [-0.15, -0.1) is 0 Å². The molecular formula is C19H22N2O4. The fourth-order valence-corrected chi connectivity index (χ4v) is 3.48. The second kappa shape index (κ2) is 7.53.